The first-order valence-electron chi connectivity index (χ1n) is 6.45. The van der Waals surface area contributed by atoms with Crippen LogP contribution < -0.4 is 10.1 Å². The lowest BCUT2D eigenvalue weighted by Crippen LogP contribution is -2.00. The number of methoxy groups -OCH3 is 1. The molecular weight excluding hydrogens is 288 g/mol. The number of ether oxygens (including phenoxy) is 1. The second-order valence-electron chi connectivity index (χ2n) is 4.54. The first-order valence-corrected chi connectivity index (χ1v) is 6.45. The molecule has 8 nitrogen and oxygen atoms in total. The van der Waals surface area contributed by atoms with Gasteiger partial charge in [0.05, 0.1) is 17.7 Å². The molecular formula is C14H12N4O4. The zero-order valence-corrected chi connectivity index (χ0v) is 11.6. The maximum absolute atomic E-state index is 10.9. The van der Waals surface area contributed by atoms with Crippen molar-refractivity contribution in [3.8, 4) is 5.75 Å². The van der Waals surface area contributed by atoms with Gasteiger partial charge in [-0.3, -0.25) is 10.1 Å². The van der Waals surface area contributed by atoms with Crippen LogP contribution >= 0.6 is 0 Å². The fourth-order valence-corrected chi connectivity index (χ4v) is 2.08. The average molecular weight is 300 g/mol. The highest BCUT2D eigenvalue weighted by atomic mass is 16.6. The van der Waals surface area contributed by atoms with E-state index >= 15 is 0 Å². The normalized spacial score (nSPS) is 10.6. The summed E-state index contributed by atoms with van der Waals surface area (Å²) in [6.45, 7) is 0.525. The number of nitrogens with one attached hydrogen (secondary N) is 1. The number of nitro benzene ring substituents is 1. The van der Waals surface area contributed by atoms with Crippen LogP contribution in [0.4, 0.5) is 11.4 Å². The van der Waals surface area contributed by atoms with Gasteiger partial charge in [-0.2, -0.15) is 0 Å². The zero-order chi connectivity index (χ0) is 15.5. The molecule has 1 heterocycles. The summed E-state index contributed by atoms with van der Waals surface area (Å²) in [6, 6.07) is 10.5. The molecule has 0 aliphatic rings. The average Bonchev–Trinajstić information content (AvgIpc) is 3.02. The number of fused-ring (bicyclic) bond motifs is 1. The number of benzene rings is 2. The van der Waals surface area contributed by atoms with Gasteiger partial charge in [-0.1, -0.05) is 12.1 Å². The molecule has 0 bridgehead atoms. The third kappa shape index (κ3) is 2.53. The topological polar surface area (TPSA) is 103 Å². The molecule has 0 unspecified atom stereocenters. The van der Waals surface area contributed by atoms with Crippen LogP contribution in [0.15, 0.2) is 40.9 Å². The van der Waals surface area contributed by atoms with Gasteiger partial charge in [0, 0.05) is 17.9 Å². The Balaban J connectivity index is 1.83. The van der Waals surface area contributed by atoms with Crippen molar-refractivity contribution in [1.29, 1.82) is 0 Å². The summed E-state index contributed by atoms with van der Waals surface area (Å²) in [6.07, 6.45) is 0. The van der Waals surface area contributed by atoms with E-state index in [1.807, 2.05) is 24.3 Å². The van der Waals surface area contributed by atoms with E-state index in [2.05, 4.69) is 15.7 Å². The van der Waals surface area contributed by atoms with E-state index in [1.165, 1.54) is 6.07 Å². The van der Waals surface area contributed by atoms with Gasteiger partial charge in [-0.25, -0.2) is 0 Å². The Morgan fingerprint density at radius 2 is 2.05 bits per heavy atom. The first kappa shape index (κ1) is 13.8. The number of anilines is 1. The van der Waals surface area contributed by atoms with E-state index in [4.69, 9.17) is 9.26 Å². The summed E-state index contributed by atoms with van der Waals surface area (Å²) >= 11 is 0. The maximum atomic E-state index is 10.9. The summed E-state index contributed by atoms with van der Waals surface area (Å²) in [5, 5.41) is 21.1. The van der Waals surface area contributed by atoms with Gasteiger partial charge in [0.25, 0.3) is 0 Å². The van der Waals surface area contributed by atoms with Gasteiger partial charge in [0.1, 0.15) is 5.75 Å². The van der Waals surface area contributed by atoms with Crippen molar-refractivity contribution < 1.29 is 14.2 Å². The van der Waals surface area contributed by atoms with Gasteiger partial charge >= 0.3 is 5.69 Å². The van der Waals surface area contributed by atoms with Crippen molar-refractivity contribution >= 4 is 22.5 Å². The molecule has 8 heteroatoms. The fourth-order valence-electron chi connectivity index (χ4n) is 2.08. The van der Waals surface area contributed by atoms with Crippen molar-refractivity contribution in [1.82, 2.24) is 10.4 Å². The lowest BCUT2D eigenvalue weighted by Gasteiger charge is -2.07. The molecule has 0 aliphatic heterocycles. The molecule has 0 amide bonds. The SMILES string of the molecule is COc1ccc(CNc2ccc([N+](=O)[O-])c3nnoc23)cc1. The summed E-state index contributed by atoms with van der Waals surface area (Å²) < 4.78 is 10.1. The molecule has 0 saturated carbocycles. The molecule has 1 N–H and O–H groups in total. The lowest BCUT2D eigenvalue weighted by atomic mass is 10.2. The number of non-ortho nitro benzene ring substituents is 1. The van der Waals surface area contributed by atoms with E-state index in [0.29, 0.717) is 12.2 Å². The molecule has 22 heavy (non-hydrogen) atoms. The van der Waals surface area contributed by atoms with Crippen molar-refractivity contribution in [3.63, 3.8) is 0 Å². The van der Waals surface area contributed by atoms with E-state index in [0.717, 1.165) is 11.3 Å². The first-order chi connectivity index (χ1) is 10.7. The third-order valence-corrected chi connectivity index (χ3v) is 3.22. The van der Waals surface area contributed by atoms with Crippen LogP contribution in [0.25, 0.3) is 11.1 Å². The lowest BCUT2D eigenvalue weighted by molar-refractivity contribution is -0.383. The Bertz CT molecular complexity index is 813. The van der Waals surface area contributed by atoms with Crippen LogP contribution in [0.3, 0.4) is 0 Å². The molecule has 1 aromatic heterocycles. The van der Waals surface area contributed by atoms with E-state index in [-0.39, 0.29) is 16.8 Å². The smallest absolute Gasteiger partial charge is 0.301 e. The highest BCUT2D eigenvalue weighted by Crippen LogP contribution is 2.29. The highest BCUT2D eigenvalue weighted by Gasteiger charge is 2.19. The Kier molecular flexibility index (Phi) is 3.57. The molecule has 2 aromatic carbocycles. The molecule has 0 spiro atoms. The number of nitro groups is 1. The van der Waals surface area contributed by atoms with Crippen LogP contribution in [-0.4, -0.2) is 22.4 Å². The quantitative estimate of drug-likeness (QED) is 0.570. The van der Waals surface area contributed by atoms with Crippen LogP contribution in [-0.2, 0) is 6.54 Å². The van der Waals surface area contributed by atoms with Crippen molar-refractivity contribution in [2.75, 3.05) is 12.4 Å². The Morgan fingerprint density at radius 1 is 1.27 bits per heavy atom. The standard InChI is InChI=1S/C14H12N4O4/c1-21-10-4-2-9(3-5-10)8-15-11-6-7-12(18(19)20)13-14(11)22-17-16-13/h2-7,15H,8H2,1H3. The van der Waals surface area contributed by atoms with E-state index in [9.17, 15) is 10.1 Å². The molecule has 0 fully saturated rings. The van der Waals surface area contributed by atoms with Crippen molar-refractivity contribution in [3.05, 3.63) is 52.1 Å². The van der Waals surface area contributed by atoms with Gasteiger partial charge in [0.2, 0.25) is 11.1 Å². The maximum Gasteiger partial charge on any atom is 0.301 e. The summed E-state index contributed by atoms with van der Waals surface area (Å²) in [5.41, 5.74) is 1.89. The predicted molar refractivity (Wildman–Crippen MR) is 78.8 cm³/mol. The Morgan fingerprint density at radius 3 is 2.73 bits per heavy atom. The zero-order valence-electron chi connectivity index (χ0n) is 11.6. The van der Waals surface area contributed by atoms with Gasteiger partial charge in [-0.05, 0) is 23.8 Å². The number of hydrogen-bond donors (Lipinski definition) is 1. The fraction of sp³-hybridized carbons (Fsp3) is 0.143. The monoisotopic (exact) mass is 300 g/mol. The van der Waals surface area contributed by atoms with E-state index in [1.54, 1.807) is 13.2 Å². The van der Waals surface area contributed by atoms with Gasteiger partial charge in [0.15, 0.2) is 0 Å². The van der Waals surface area contributed by atoms with Crippen LogP contribution in [0.5, 0.6) is 5.75 Å². The molecule has 0 atom stereocenters. The van der Waals surface area contributed by atoms with Crippen molar-refractivity contribution in [2.24, 2.45) is 0 Å². The van der Waals surface area contributed by atoms with Crippen LogP contribution in [0.2, 0.25) is 0 Å². The number of rotatable bonds is 5. The minimum Gasteiger partial charge on any atom is -0.497 e. The predicted octanol–water partition coefficient (Wildman–Crippen LogP) is 2.75. The molecule has 112 valence electrons. The van der Waals surface area contributed by atoms with Crippen LogP contribution in [0.1, 0.15) is 5.56 Å². The number of hydrogen-bond acceptors (Lipinski definition) is 7. The number of nitrogens with zero attached hydrogens (tertiary/aromatic N) is 3. The minimum absolute atomic E-state index is 0.129. The third-order valence-electron chi connectivity index (χ3n) is 3.22. The van der Waals surface area contributed by atoms with Crippen molar-refractivity contribution in [2.45, 2.75) is 6.54 Å². The Labute approximate surface area is 124 Å². The second kappa shape index (κ2) is 5.68. The van der Waals surface area contributed by atoms with Gasteiger partial charge in [-0.15, -0.1) is 5.10 Å². The molecule has 0 radical (unpaired) electrons. The largest absolute Gasteiger partial charge is 0.497 e. The Hall–Kier alpha value is -3.16. The molecule has 3 aromatic rings. The highest BCUT2D eigenvalue weighted by molar-refractivity contribution is 5.92. The molecule has 0 saturated heterocycles. The summed E-state index contributed by atoms with van der Waals surface area (Å²) in [7, 11) is 1.61. The summed E-state index contributed by atoms with van der Waals surface area (Å²) in [4.78, 5) is 10.4. The molecule has 0 aliphatic carbocycles. The molecule has 3 rings (SSSR count). The van der Waals surface area contributed by atoms with E-state index < -0.39 is 4.92 Å². The van der Waals surface area contributed by atoms with Crippen LogP contribution in [0, 0.1) is 10.1 Å². The minimum atomic E-state index is -0.514. The van der Waals surface area contributed by atoms with Gasteiger partial charge < -0.3 is 14.6 Å². The second-order valence-corrected chi connectivity index (χ2v) is 4.54. The number of aromatic nitrogens is 2. The summed E-state index contributed by atoms with van der Waals surface area (Å²) in [5.74, 6) is 0.779.